The van der Waals surface area contributed by atoms with E-state index in [2.05, 4.69) is 15.4 Å². The van der Waals surface area contributed by atoms with Gasteiger partial charge in [0.15, 0.2) is 0 Å². The summed E-state index contributed by atoms with van der Waals surface area (Å²) < 4.78 is 24.0. The molecule has 3 N–H and O–H groups in total. The molecule has 0 bridgehead atoms. The van der Waals surface area contributed by atoms with E-state index in [1.165, 1.54) is 7.05 Å². The van der Waals surface area contributed by atoms with Gasteiger partial charge in [-0.25, -0.2) is 13.1 Å². The molecule has 90 valence electrons. The number of rotatable bonds is 8. The molecule has 0 spiro atoms. The average molecular weight is 237 g/mol. The number of carbonyl (C=O) groups excluding carboxylic acids is 1. The van der Waals surface area contributed by atoms with Gasteiger partial charge in [0.1, 0.15) is 5.75 Å². The Kier molecular flexibility index (Phi) is 7.27. The monoisotopic (exact) mass is 237 g/mol. The van der Waals surface area contributed by atoms with Crippen LogP contribution in [0.5, 0.6) is 0 Å². The number of nitrogens with one attached hydrogen (secondary N) is 3. The fourth-order valence-electron chi connectivity index (χ4n) is 0.888. The highest BCUT2D eigenvalue weighted by Crippen LogP contribution is 1.81. The summed E-state index contributed by atoms with van der Waals surface area (Å²) in [5, 5.41) is 5.60. The Balaban J connectivity index is 3.59. The van der Waals surface area contributed by atoms with Gasteiger partial charge in [-0.05, 0) is 20.0 Å². The first-order chi connectivity index (χ1) is 7.02. The van der Waals surface area contributed by atoms with Crippen molar-refractivity contribution in [2.45, 2.75) is 13.3 Å². The van der Waals surface area contributed by atoms with Crippen LogP contribution in [0, 0.1) is 0 Å². The third-order valence-electron chi connectivity index (χ3n) is 1.68. The maximum atomic E-state index is 11.1. The average Bonchev–Trinajstić information content (AvgIpc) is 2.17. The molecule has 7 heteroatoms. The highest BCUT2D eigenvalue weighted by Gasteiger charge is 2.12. The smallest absolute Gasteiger partial charge is 0.236 e. The summed E-state index contributed by atoms with van der Waals surface area (Å²) in [6.45, 7) is 4.03. The molecule has 0 aromatic carbocycles. The summed E-state index contributed by atoms with van der Waals surface area (Å²) in [5.41, 5.74) is 0. The van der Waals surface area contributed by atoms with Crippen LogP contribution in [-0.2, 0) is 14.8 Å². The molecule has 0 radical (unpaired) electrons. The summed E-state index contributed by atoms with van der Waals surface area (Å²) in [6, 6.07) is 0. The summed E-state index contributed by atoms with van der Waals surface area (Å²) in [5.74, 6) is -1.00. The van der Waals surface area contributed by atoms with Crippen molar-refractivity contribution in [1.29, 1.82) is 0 Å². The first-order valence-corrected chi connectivity index (χ1v) is 6.55. The lowest BCUT2D eigenvalue weighted by Gasteiger charge is -2.06. The Morgan fingerprint density at radius 3 is 2.40 bits per heavy atom. The molecule has 0 aliphatic carbocycles. The molecule has 0 aliphatic heterocycles. The van der Waals surface area contributed by atoms with Crippen LogP contribution in [0.3, 0.4) is 0 Å². The van der Waals surface area contributed by atoms with E-state index in [0.717, 1.165) is 13.0 Å². The Bertz CT molecular complexity index is 277. The standard InChI is InChI=1S/C8H19N3O3S/c1-3-4-10-5-6-11-8(12)7-15(13,14)9-2/h9-10H,3-7H2,1-2H3,(H,11,12). The van der Waals surface area contributed by atoms with Crippen LogP contribution < -0.4 is 15.4 Å². The van der Waals surface area contributed by atoms with Gasteiger partial charge in [0.2, 0.25) is 15.9 Å². The topological polar surface area (TPSA) is 87.3 Å². The maximum absolute atomic E-state index is 11.1. The zero-order valence-electron chi connectivity index (χ0n) is 9.17. The van der Waals surface area contributed by atoms with Crippen molar-refractivity contribution >= 4 is 15.9 Å². The van der Waals surface area contributed by atoms with Gasteiger partial charge in [-0.3, -0.25) is 4.79 Å². The highest BCUT2D eigenvalue weighted by atomic mass is 32.2. The summed E-state index contributed by atoms with van der Waals surface area (Å²) in [4.78, 5) is 11.1. The summed E-state index contributed by atoms with van der Waals surface area (Å²) in [7, 11) is -2.17. The van der Waals surface area contributed by atoms with Crippen LogP contribution in [0.2, 0.25) is 0 Å². The summed E-state index contributed by atoms with van der Waals surface area (Å²) >= 11 is 0. The Morgan fingerprint density at radius 1 is 1.20 bits per heavy atom. The van der Waals surface area contributed by atoms with Gasteiger partial charge < -0.3 is 10.6 Å². The van der Waals surface area contributed by atoms with Gasteiger partial charge in [0.05, 0.1) is 0 Å². The van der Waals surface area contributed by atoms with Crippen LogP contribution in [-0.4, -0.2) is 46.8 Å². The van der Waals surface area contributed by atoms with Crippen LogP contribution in [0.4, 0.5) is 0 Å². The van der Waals surface area contributed by atoms with E-state index >= 15 is 0 Å². The van der Waals surface area contributed by atoms with E-state index in [-0.39, 0.29) is 0 Å². The van der Waals surface area contributed by atoms with Crippen LogP contribution in [0.15, 0.2) is 0 Å². The summed E-state index contributed by atoms with van der Waals surface area (Å²) in [6.07, 6.45) is 1.03. The van der Waals surface area contributed by atoms with Gasteiger partial charge in [-0.15, -0.1) is 0 Å². The second kappa shape index (κ2) is 7.61. The fourth-order valence-corrected chi connectivity index (χ4v) is 1.48. The van der Waals surface area contributed by atoms with Gasteiger partial charge >= 0.3 is 0 Å². The Morgan fingerprint density at radius 2 is 1.87 bits per heavy atom. The molecule has 6 nitrogen and oxygen atoms in total. The Labute approximate surface area is 90.9 Å². The van der Waals surface area contributed by atoms with E-state index < -0.39 is 21.7 Å². The molecule has 15 heavy (non-hydrogen) atoms. The lowest BCUT2D eigenvalue weighted by Crippen LogP contribution is -2.38. The molecular weight excluding hydrogens is 218 g/mol. The second-order valence-electron chi connectivity index (χ2n) is 3.06. The van der Waals surface area contributed by atoms with Crippen LogP contribution in [0.25, 0.3) is 0 Å². The van der Waals surface area contributed by atoms with E-state index in [1.54, 1.807) is 0 Å². The molecule has 0 heterocycles. The molecule has 0 atom stereocenters. The Hall–Kier alpha value is -0.660. The molecule has 0 aromatic heterocycles. The number of amides is 1. The lowest BCUT2D eigenvalue weighted by molar-refractivity contribution is -0.118. The highest BCUT2D eigenvalue weighted by molar-refractivity contribution is 7.90. The first-order valence-electron chi connectivity index (χ1n) is 4.90. The minimum absolute atomic E-state index is 0.443. The number of sulfonamides is 1. The van der Waals surface area contributed by atoms with Crippen molar-refractivity contribution in [1.82, 2.24) is 15.4 Å². The maximum Gasteiger partial charge on any atom is 0.236 e. The SMILES string of the molecule is CCCNCCNC(=O)CS(=O)(=O)NC. The number of carbonyl (C=O) groups is 1. The minimum atomic E-state index is -3.45. The van der Waals surface area contributed by atoms with Gasteiger partial charge in [0, 0.05) is 13.1 Å². The molecule has 1 amide bonds. The lowest BCUT2D eigenvalue weighted by atomic mass is 10.4. The molecule has 0 aromatic rings. The van der Waals surface area contributed by atoms with Crippen molar-refractivity contribution in [2.75, 3.05) is 32.4 Å². The minimum Gasteiger partial charge on any atom is -0.354 e. The second-order valence-corrected chi connectivity index (χ2v) is 4.99. The predicted molar refractivity (Wildman–Crippen MR) is 59.0 cm³/mol. The number of hydrogen-bond donors (Lipinski definition) is 3. The third-order valence-corrected chi connectivity index (χ3v) is 2.95. The molecule has 0 saturated heterocycles. The van der Waals surface area contributed by atoms with Crippen molar-refractivity contribution in [3.05, 3.63) is 0 Å². The van der Waals surface area contributed by atoms with E-state index in [9.17, 15) is 13.2 Å². The molecule has 0 saturated carbocycles. The molecule has 0 rings (SSSR count). The van der Waals surface area contributed by atoms with E-state index in [0.29, 0.717) is 13.1 Å². The van der Waals surface area contributed by atoms with Crippen LogP contribution >= 0.6 is 0 Å². The molecule has 0 unspecified atom stereocenters. The number of hydrogen-bond acceptors (Lipinski definition) is 4. The van der Waals surface area contributed by atoms with Crippen molar-refractivity contribution < 1.29 is 13.2 Å². The fraction of sp³-hybridized carbons (Fsp3) is 0.875. The van der Waals surface area contributed by atoms with Crippen molar-refractivity contribution in [3.63, 3.8) is 0 Å². The van der Waals surface area contributed by atoms with Gasteiger partial charge in [-0.2, -0.15) is 0 Å². The zero-order valence-corrected chi connectivity index (χ0v) is 9.99. The van der Waals surface area contributed by atoms with E-state index in [4.69, 9.17) is 0 Å². The van der Waals surface area contributed by atoms with Crippen molar-refractivity contribution in [3.8, 4) is 0 Å². The van der Waals surface area contributed by atoms with E-state index in [1.807, 2.05) is 6.92 Å². The van der Waals surface area contributed by atoms with Gasteiger partial charge in [-0.1, -0.05) is 6.92 Å². The molecule has 0 aliphatic rings. The molecule has 0 fully saturated rings. The van der Waals surface area contributed by atoms with Crippen LogP contribution in [0.1, 0.15) is 13.3 Å². The normalized spacial score (nSPS) is 11.3. The van der Waals surface area contributed by atoms with Crippen molar-refractivity contribution in [2.24, 2.45) is 0 Å². The van der Waals surface area contributed by atoms with Gasteiger partial charge in [0.25, 0.3) is 0 Å². The predicted octanol–water partition coefficient (Wildman–Crippen LogP) is -1.35. The molecular formula is C8H19N3O3S. The third kappa shape index (κ3) is 8.34. The quantitative estimate of drug-likeness (QED) is 0.456. The zero-order chi connectivity index (χ0) is 11.7. The first kappa shape index (κ1) is 14.3. The largest absolute Gasteiger partial charge is 0.354 e.